The van der Waals surface area contributed by atoms with Gasteiger partial charge < -0.3 is 10.1 Å². The van der Waals surface area contributed by atoms with Gasteiger partial charge in [-0.2, -0.15) is 0 Å². The van der Waals surface area contributed by atoms with E-state index in [9.17, 15) is 13.2 Å². The van der Waals surface area contributed by atoms with Gasteiger partial charge in [0.2, 0.25) is 0 Å². The summed E-state index contributed by atoms with van der Waals surface area (Å²) in [6.45, 7) is 4.62. The number of hydrogen-bond donors (Lipinski definition) is 2. The third kappa shape index (κ3) is 5.99. The monoisotopic (exact) mass is 458 g/mol. The van der Waals surface area contributed by atoms with Crippen molar-refractivity contribution in [2.45, 2.75) is 25.3 Å². The lowest BCUT2D eigenvalue weighted by Gasteiger charge is -2.12. The zero-order valence-corrected chi connectivity index (χ0v) is 18.8. The lowest BCUT2D eigenvalue weighted by Crippen LogP contribution is -2.23. The Balaban J connectivity index is 1.75. The summed E-state index contributed by atoms with van der Waals surface area (Å²) in [6.07, 6.45) is 0. The maximum Gasteiger partial charge on any atom is 0.263 e. The van der Waals surface area contributed by atoms with Gasteiger partial charge in [0.25, 0.3) is 15.9 Å². The van der Waals surface area contributed by atoms with Gasteiger partial charge in [-0.15, -0.1) is 0 Å². The predicted molar refractivity (Wildman–Crippen MR) is 122 cm³/mol. The van der Waals surface area contributed by atoms with Crippen molar-refractivity contribution < 1.29 is 17.9 Å². The number of anilines is 1. The molecule has 0 aliphatic heterocycles. The van der Waals surface area contributed by atoms with Crippen molar-refractivity contribution in [3.8, 4) is 5.75 Å². The van der Waals surface area contributed by atoms with Crippen LogP contribution in [0.25, 0.3) is 0 Å². The highest BCUT2D eigenvalue weighted by atomic mass is 35.5. The van der Waals surface area contributed by atoms with Crippen LogP contribution in [0.3, 0.4) is 0 Å². The smallest absolute Gasteiger partial charge is 0.263 e. The van der Waals surface area contributed by atoms with Crippen molar-refractivity contribution in [2.24, 2.45) is 0 Å². The fourth-order valence-corrected chi connectivity index (χ4v) is 4.46. The molecule has 3 rings (SSSR count). The van der Waals surface area contributed by atoms with E-state index in [0.29, 0.717) is 12.3 Å². The first-order valence-electron chi connectivity index (χ1n) is 9.67. The number of carbonyl (C=O) groups excluding carboxylic acids is 1. The summed E-state index contributed by atoms with van der Waals surface area (Å²) in [4.78, 5) is 12.4. The predicted octanol–water partition coefficient (Wildman–Crippen LogP) is 4.78. The van der Waals surface area contributed by atoms with Crippen LogP contribution in [0.15, 0.2) is 71.6 Å². The summed E-state index contributed by atoms with van der Waals surface area (Å²) in [6, 6.07) is 18.5. The van der Waals surface area contributed by atoms with E-state index in [1.165, 1.54) is 18.2 Å². The van der Waals surface area contributed by atoms with Crippen molar-refractivity contribution >= 4 is 33.2 Å². The normalized spacial score (nSPS) is 11.1. The molecule has 0 bridgehead atoms. The number of halogens is 1. The molecule has 0 radical (unpaired) electrons. The molecule has 3 aromatic carbocycles. The SMILES string of the molecule is CCOc1cccc(CNC(=O)c2ccc(Cl)c(S(=O)(=O)Nc3ccc(C)cc3)c2)c1. The van der Waals surface area contributed by atoms with Crippen LogP contribution in [-0.4, -0.2) is 20.9 Å². The summed E-state index contributed by atoms with van der Waals surface area (Å²) >= 11 is 6.13. The van der Waals surface area contributed by atoms with E-state index >= 15 is 0 Å². The number of rotatable bonds is 8. The number of nitrogens with one attached hydrogen (secondary N) is 2. The van der Waals surface area contributed by atoms with Crippen molar-refractivity contribution in [3.05, 3.63) is 88.4 Å². The van der Waals surface area contributed by atoms with Gasteiger partial charge in [0.05, 0.1) is 11.6 Å². The first kappa shape index (κ1) is 22.7. The van der Waals surface area contributed by atoms with Gasteiger partial charge in [-0.05, 0) is 61.9 Å². The Hall–Kier alpha value is -3.03. The Labute approximate surface area is 187 Å². The van der Waals surface area contributed by atoms with Crippen LogP contribution in [-0.2, 0) is 16.6 Å². The Morgan fingerprint density at radius 2 is 1.77 bits per heavy atom. The van der Waals surface area contributed by atoms with Crippen LogP contribution in [0.2, 0.25) is 5.02 Å². The van der Waals surface area contributed by atoms with Crippen LogP contribution >= 0.6 is 11.6 Å². The number of ether oxygens (including phenoxy) is 1. The van der Waals surface area contributed by atoms with Crippen molar-refractivity contribution in [2.75, 3.05) is 11.3 Å². The molecule has 8 heteroatoms. The third-order valence-corrected chi connectivity index (χ3v) is 6.31. The fraction of sp³-hybridized carbons (Fsp3) is 0.174. The molecule has 162 valence electrons. The van der Waals surface area contributed by atoms with Crippen LogP contribution in [0.5, 0.6) is 5.75 Å². The first-order valence-corrected chi connectivity index (χ1v) is 11.5. The minimum atomic E-state index is -3.97. The molecule has 0 saturated carbocycles. The molecule has 3 aromatic rings. The molecule has 31 heavy (non-hydrogen) atoms. The third-order valence-electron chi connectivity index (χ3n) is 4.45. The molecule has 0 atom stereocenters. The van der Waals surface area contributed by atoms with Crippen molar-refractivity contribution in [3.63, 3.8) is 0 Å². The number of carbonyl (C=O) groups is 1. The lowest BCUT2D eigenvalue weighted by atomic mass is 10.2. The second-order valence-electron chi connectivity index (χ2n) is 6.88. The molecule has 1 amide bonds. The zero-order valence-electron chi connectivity index (χ0n) is 17.2. The van der Waals surface area contributed by atoms with Gasteiger partial charge in [-0.3, -0.25) is 9.52 Å². The second kappa shape index (κ2) is 9.85. The van der Waals surface area contributed by atoms with Gasteiger partial charge in [0.15, 0.2) is 0 Å². The maximum atomic E-state index is 12.8. The topological polar surface area (TPSA) is 84.5 Å². The number of sulfonamides is 1. The second-order valence-corrected chi connectivity index (χ2v) is 8.94. The summed E-state index contributed by atoms with van der Waals surface area (Å²) in [5.74, 6) is 0.307. The molecule has 0 unspecified atom stereocenters. The van der Waals surface area contributed by atoms with E-state index in [2.05, 4.69) is 10.0 Å². The summed E-state index contributed by atoms with van der Waals surface area (Å²) in [5.41, 5.74) is 2.47. The van der Waals surface area contributed by atoms with Crippen molar-refractivity contribution in [1.29, 1.82) is 0 Å². The van der Waals surface area contributed by atoms with Gasteiger partial charge in [-0.25, -0.2) is 8.42 Å². The van der Waals surface area contributed by atoms with Gasteiger partial charge >= 0.3 is 0 Å². The molecule has 0 aromatic heterocycles. The minimum absolute atomic E-state index is 0.0283. The number of benzene rings is 3. The molecule has 0 spiro atoms. The summed E-state index contributed by atoms with van der Waals surface area (Å²) in [5, 5.41) is 2.81. The zero-order chi connectivity index (χ0) is 22.4. The Kier molecular flexibility index (Phi) is 7.20. The number of aryl methyl sites for hydroxylation is 1. The molecule has 0 aliphatic carbocycles. The average molecular weight is 459 g/mol. The molecular formula is C23H23ClN2O4S. The fourth-order valence-electron chi connectivity index (χ4n) is 2.88. The molecule has 0 aliphatic rings. The van der Waals surface area contributed by atoms with Gasteiger partial charge in [0.1, 0.15) is 10.6 Å². The molecule has 0 fully saturated rings. The van der Waals surface area contributed by atoms with E-state index in [4.69, 9.17) is 16.3 Å². The van der Waals surface area contributed by atoms with E-state index in [0.717, 1.165) is 16.9 Å². The van der Waals surface area contributed by atoms with E-state index < -0.39 is 15.9 Å². The Morgan fingerprint density at radius 3 is 2.48 bits per heavy atom. The van der Waals surface area contributed by atoms with E-state index in [-0.39, 0.29) is 22.0 Å². The summed E-state index contributed by atoms with van der Waals surface area (Å²) < 4.78 is 33.6. The number of hydrogen-bond acceptors (Lipinski definition) is 4. The highest BCUT2D eigenvalue weighted by Crippen LogP contribution is 2.25. The van der Waals surface area contributed by atoms with Crippen LogP contribution < -0.4 is 14.8 Å². The highest BCUT2D eigenvalue weighted by molar-refractivity contribution is 7.92. The average Bonchev–Trinajstić information content (AvgIpc) is 2.74. The molecule has 2 N–H and O–H groups in total. The number of amides is 1. The Bertz CT molecular complexity index is 1180. The van der Waals surface area contributed by atoms with E-state index in [1.54, 1.807) is 24.3 Å². The van der Waals surface area contributed by atoms with Gasteiger partial charge in [-0.1, -0.05) is 41.4 Å². The van der Waals surface area contributed by atoms with Crippen LogP contribution in [0.1, 0.15) is 28.4 Å². The standard InChI is InChI=1S/C23H23ClN2O4S/c1-3-30-20-6-4-5-17(13-20)15-25-23(27)18-9-12-21(24)22(14-18)31(28,29)26-19-10-7-16(2)8-11-19/h4-14,26H,3,15H2,1-2H3,(H,25,27). The molecule has 6 nitrogen and oxygen atoms in total. The molecular weight excluding hydrogens is 436 g/mol. The molecule has 0 heterocycles. The Morgan fingerprint density at radius 1 is 1.03 bits per heavy atom. The lowest BCUT2D eigenvalue weighted by molar-refractivity contribution is 0.0950. The largest absolute Gasteiger partial charge is 0.494 e. The summed E-state index contributed by atoms with van der Waals surface area (Å²) in [7, 11) is -3.97. The minimum Gasteiger partial charge on any atom is -0.494 e. The van der Waals surface area contributed by atoms with E-state index in [1.807, 2.05) is 38.1 Å². The first-order chi connectivity index (χ1) is 14.8. The van der Waals surface area contributed by atoms with Gasteiger partial charge in [0, 0.05) is 17.8 Å². The molecule has 0 saturated heterocycles. The van der Waals surface area contributed by atoms with Crippen LogP contribution in [0.4, 0.5) is 5.69 Å². The quantitative estimate of drug-likeness (QED) is 0.508. The highest BCUT2D eigenvalue weighted by Gasteiger charge is 2.20. The van der Waals surface area contributed by atoms with Crippen LogP contribution in [0, 0.1) is 6.92 Å². The maximum absolute atomic E-state index is 12.8. The van der Waals surface area contributed by atoms with Crippen molar-refractivity contribution in [1.82, 2.24) is 5.32 Å².